The molecule has 1 atom stereocenters. The number of nitrogens with two attached hydrogens (primary N) is 1. The number of unbranched alkanes of at least 4 members (excludes halogenated alkanes) is 2. The second kappa shape index (κ2) is 8.35. The lowest BCUT2D eigenvalue weighted by Gasteiger charge is -2.15. The Balaban J connectivity index is 1.95. The summed E-state index contributed by atoms with van der Waals surface area (Å²) in [5, 5.41) is 1.43. The molecule has 2 N–H and O–H groups in total. The zero-order valence-electron chi connectivity index (χ0n) is 14.7. The van der Waals surface area contributed by atoms with E-state index in [1.54, 1.807) is 0 Å². The van der Waals surface area contributed by atoms with Crippen molar-refractivity contribution < 1.29 is 0 Å². The monoisotopic (exact) mass is 352 g/mol. The van der Waals surface area contributed by atoms with E-state index in [9.17, 15) is 0 Å². The largest absolute Gasteiger partial charge is 0.383 e. The molecule has 0 bridgehead atoms. The summed E-state index contributed by atoms with van der Waals surface area (Å²) >= 11 is 6.04. The van der Waals surface area contributed by atoms with Gasteiger partial charge in [-0.05, 0) is 43.4 Å². The molecule has 0 aliphatic heterocycles. The van der Waals surface area contributed by atoms with Crippen LogP contribution in [0.1, 0.15) is 38.2 Å². The van der Waals surface area contributed by atoms with Crippen molar-refractivity contribution in [2.45, 2.75) is 44.4 Å². The van der Waals surface area contributed by atoms with Crippen molar-refractivity contribution in [1.29, 1.82) is 0 Å². The molecule has 0 aliphatic carbocycles. The first-order chi connectivity index (χ1) is 12.2. The van der Waals surface area contributed by atoms with E-state index in [0.29, 0.717) is 5.82 Å². The highest BCUT2D eigenvalue weighted by Gasteiger charge is 2.14. The number of aromatic nitrogens is 1. The second-order valence-electron chi connectivity index (χ2n) is 6.61. The van der Waals surface area contributed by atoms with Crippen molar-refractivity contribution in [3.8, 4) is 11.1 Å². The Morgan fingerprint density at radius 3 is 2.44 bits per heavy atom. The van der Waals surface area contributed by atoms with Gasteiger partial charge in [-0.2, -0.15) is 0 Å². The molecule has 3 heteroatoms. The Kier molecular flexibility index (Phi) is 5.93. The molecule has 1 heterocycles. The Morgan fingerprint density at radius 2 is 1.68 bits per heavy atom. The standard InChI is InChI=1S/C22H25ClN2/c1-16(23)10-4-2-7-14-19-21(17-11-5-3-6-12-17)18-13-8-9-15-20(18)25-22(19)24/h3,5-6,8-9,11-13,15-16H,2,4,7,10,14H2,1H3,(H2,24,25). The number of nitrogen functional groups attached to an aromatic ring is 1. The van der Waals surface area contributed by atoms with Crippen LogP contribution in [0.3, 0.4) is 0 Å². The molecule has 0 spiro atoms. The summed E-state index contributed by atoms with van der Waals surface area (Å²) in [6.45, 7) is 2.06. The maximum Gasteiger partial charge on any atom is 0.127 e. The van der Waals surface area contributed by atoms with Gasteiger partial charge in [0.15, 0.2) is 0 Å². The van der Waals surface area contributed by atoms with E-state index in [2.05, 4.69) is 48.3 Å². The van der Waals surface area contributed by atoms with Crippen LogP contribution < -0.4 is 5.73 Å². The summed E-state index contributed by atoms with van der Waals surface area (Å²) in [7, 11) is 0. The molecule has 0 saturated carbocycles. The van der Waals surface area contributed by atoms with Gasteiger partial charge >= 0.3 is 0 Å². The number of para-hydroxylation sites is 1. The fraction of sp³-hybridized carbons (Fsp3) is 0.318. The van der Waals surface area contributed by atoms with Gasteiger partial charge in [-0.25, -0.2) is 4.98 Å². The normalized spacial score (nSPS) is 12.4. The first-order valence-corrected chi connectivity index (χ1v) is 9.47. The van der Waals surface area contributed by atoms with Crippen LogP contribution >= 0.6 is 11.6 Å². The highest BCUT2D eigenvalue weighted by Crippen LogP contribution is 2.35. The van der Waals surface area contributed by atoms with Crippen molar-refractivity contribution >= 4 is 28.3 Å². The summed E-state index contributed by atoms with van der Waals surface area (Å²) in [4.78, 5) is 4.65. The van der Waals surface area contributed by atoms with E-state index in [-0.39, 0.29) is 5.38 Å². The SMILES string of the molecule is CC(Cl)CCCCCc1c(N)nc2ccccc2c1-c1ccccc1. The van der Waals surface area contributed by atoms with Crippen molar-refractivity contribution in [1.82, 2.24) is 4.98 Å². The second-order valence-corrected chi connectivity index (χ2v) is 7.36. The topological polar surface area (TPSA) is 38.9 Å². The fourth-order valence-corrected chi connectivity index (χ4v) is 3.52. The smallest absolute Gasteiger partial charge is 0.127 e. The molecule has 0 radical (unpaired) electrons. The number of rotatable bonds is 7. The number of benzene rings is 2. The Hall–Kier alpha value is -2.06. The van der Waals surface area contributed by atoms with Gasteiger partial charge in [0.1, 0.15) is 5.82 Å². The molecule has 2 nitrogen and oxygen atoms in total. The number of fused-ring (bicyclic) bond motifs is 1. The lowest BCUT2D eigenvalue weighted by atomic mass is 9.92. The molecule has 0 fully saturated rings. The molecule has 2 aromatic carbocycles. The van der Waals surface area contributed by atoms with Gasteiger partial charge in [-0.1, -0.05) is 61.4 Å². The van der Waals surface area contributed by atoms with E-state index in [1.165, 1.54) is 22.1 Å². The average Bonchev–Trinajstić information content (AvgIpc) is 2.62. The van der Waals surface area contributed by atoms with Gasteiger partial charge in [-0.3, -0.25) is 0 Å². The number of nitrogens with zero attached hydrogens (tertiary/aromatic N) is 1. The molecule has 1 unspecified atom stereocenters. The average molecular weight is 353 g/mol. The molecule has 1 aromatic heterocycles. The van der Waals surface area contributed by atoms with E-state index in [4.69, 9.17) is 17.3 Å². The van der Waals surface area contributed by atoms with Crippen molar-refractivity contribution in [3.63, 3.8) is 0 Å². The lowest BCUT2D eigenvalue weighted by Crippen LogP contribution is -2.03. The maximum atomic E-state index is 6.36. The quantitative estimate of drug-likeness (QED) is 0.405. The van der Waals surface area contributed by atoms with E-state index in [1.807, 2.05) is 18.2 Å². The maximum absolute atomic E-state index is 6.36. The molecule has 3 rings (SSSR count). The molecule has 0 amide bonds. The third-order valence-corrected chi connectivity index (χ3v) is 4.83. The first kappa shape index (κ1) is 17.8. The van der Waals surface area contributed by atoms with Crippen LogP contribution in [0.4, 0.5) is 5.82 Å². The third-order valence-electron chi connectivity index (χ3n) is 4.62. The number of anilines is 1. The number of alkyl halides is 1. The predicted octanol–water partition coefficient (Wildman–Crippen LogP) is 6.21. The predicted molar refractivity (Wildman–Crippen MR) is 109 cm³/mol. The van der Waals surface area contributed by atoms with Crippen molar-refractivity contribution in [3.05, 3.63) is 60.2 Å². The zero-order valence-corrected chi connectivity index (χ0v) is 15.5. The Morgan fingerprint density at radius 1 is 0.960 bits per heavy atom. The van der Waals surface area contributed by atoms with Crippen LogP contribution in [-0.4, -0.2) is 10.4 Å². The van der Waals surface area contributed by atoms with E-state index < -0.39 is 0 Å². The molecule has 130 valence electrons. The van der Waals surface area contributed by atoms with Gasteiger partial charge in [0.25, 0.3) is 0 Å². The number of hydrogen-bond donors (Lipinski definition) is 1. The van der Waals surface area contributed by atoms with Crippen molar-refractivity contribution in [2.75, 3.05) is 5.73 Å². The van der Waals surface area contributed by atoms with E-state index in [0.717, 1.165) is 37.6 Å². The Bertz CT molecular complexity index is 828. The molecule has 25 heavy (non-hydrogen) atoms. The summed E-state index contributed by atoms with van der Waals surface area (Å²) in [6.07, 6.45) is 5.45. The minimum absolute atomic E-state index is 0.257. The van der Waals surface area contributed by atoms with Crippen LogP contribution in [0.25, 0.3) is 22.0 Å². The molecule has 0 saturated heterocycles. The lowest BCUT2D eigenvalue weighted by molar-refractivity contribution is 0.636. The number of hydrogen-bond acceptors (Lipinski definition) is 2. The van der Waals surface area contributed by atoms with Gasteiger partial charge < -0.3 is 5.73 Å². The van der Waals surface area contributed by atoms with Gasteiger partial charge in [-0.15, -0.1) is 11.6 Å². The van der Waals surface area contributed by atoms with Gasteiger partial charge in [0.2, 0.25) is 0 Å². The van der Waals surface area contributed by atoms with Gasteiger partial charge in [0.05, 0.1) is 5.52 Å². The van der Waals surface area contributed by atoms with Crippen LogP contribution in [-0.2, 0) is 6.42 Å². The summed E-state index contributed by atoms with van der Waals surface area (Å²) in [5.74, 6) is 0.656. The molecule has 3 aromatic rings. The van der Waals surface area contributed by atoms with Gasteiger partial charge in [0, 0.05) is 16.3 Å². The first-order valence-electron chi connectivity index (χ1n) is 9.03. The summed E-state index contributed by atoms with van der Waals surface area (Å²) in [5.41, 5.74) is 10.9. The fourth-order valence-electron chi connectivity index (χ4n) is 3.36. The van der Waals surface area contributed by atoms with E-state index >= 15 is 0 Å². The molecule has 0 aliphatic rings. The van der Waals surface area contributed by atoms with Crippen LogP contribution in [0, 0.1) is 0 Å². The highest BCUT2D eigenvalue weighted by molar-refractivity contribution is 6.20. The van der Waals surface area contributed by atoms with Crippen LogP contribution in [0.5, 0.6) is 0 Å². The summed E-state index contributed by atoms with van der Waals surface area (Å²) < 4.78 is 0. The Labute approximate surface area is 155 Å². The summed E-state index contributed by atoms with van der Waals surface area (Å²) in [6, 6.07) is 18.8. The number of halogens is 1. The minimum atomic E-state index is 0.257. The van der Waals surface area contributed by atoms with Crippen molar-refractivity contribution in [2.24, 2.45) is 0 Å². The molecular weight excluding hydrogens is 328 g/mol. The number of pyridine rings is 1. The van der Waals surface area contributed by atoms with Crippen LogP contribution in [0.15, 0.2) is 54.6 Å². The minimum Gasteiger partial charge on any atom is -0.383 e. The highest BCUT2D eigenvalue weighted by atomic mass is 35.5. The molecular formula is C22H25ClN2. The zero-order chi connectivity index (χ0) is 17.6. The third kappa shape index (κ3) is 4.32. The van der Waals surface area contributed by atoms with Crippen LogP contribution in [0.2, 0.25) is 0 Å².